The van der Waals surface area contributed by atoms with E-state index in [-0.39, 0.29) is 11.3 Å². The van der Waals surface area contributed by atoms with Crippen LogP contribution in [0.1, 0.15) is 44.7 Å². The number of benzene rings is 1. The maximum atomic E-state index is 13.5. The van der Waals surface area contributed by atoms with Gasteiger partial charge in [-0.05, 0) is 50.3 Å². The molecule has 168 valence electrons. The average Bonchev–Trinajstić information content (AvgIpc) is 3.28. The van der Waals surface area contributed by atoms with Crippen molar-refractivity contribution in [3.63, 3.8) is 0 Å². The van der Waals surface area contributed by atoms with E-state index >= 15 is 0 Å². The second kappa shape index (κ2) is 9.33. The number of thiophene rings is 1. The van der Waals surface area contributed by atoms with Gasteiger partial charge >= 0.3 is 0 Å². The van der Waals surface area contributed by atoms with Gasteiger partial charge < -0.3 is 14.4 Å². The zero-order valence-corrected chi connectivity index (χ0v) is 20.2. The molecular weight excluding hydrogens is 418 g/mol. The van der Waals surface area contributed by atoms with Crippen LogP contribution in [0, 0.1) is 20.8 Å². The first kappa shape index (κ1) is 22.3. The molecule has 5 nitrogen and oxygen atoms in total. The molecule has 0 atom stereocenters. The maximum Gasteiger partial charge on any atom is 0.259 e. The molecule has 1 aliphatic rings. The zero-order chi connectivity index (χ0) is 22.8. The Hall–Kier alpha value is -2.86. The Labute approximate surface area is 193 Å². The van der Waals surface area contributed by atoms with Crippen LogP contribution in [0.25, 0.3) is 0 Å². The molecule has 0 unspecified atom stereocenters. The number of carbonyl (C=O) groups excluding carboxylic acids is 1. The number of hydrogen-bond donors (Lipinski definition) is 0. The first-order valence-electron chi connectivity index (χ1n) is 11.3. The summed E-state index contributed by atoms with van der Waals surface area (Å²) >= 11 is 1.69. The molecule has 4 rings (SSSR count). The monoisotopic (exact) mass is 449 g/mol. The van der Waals surface area contributed by atoms with E-state index in [0.29, 0.717) is 31.6 Å². The molecule has 0 saturated carbocycles. The molecule has 1 aromatic carbocycles. The molecule has 0 N–H and O–H groups in total. The molecule has 32 heavy (non-hydrogen) atoms. The third kappa shape index (κ3) is 4.37. The lowest BCUT2D eigenvalue weighted by molar-refractivity contribution is 0.0743. The van der Waals surface area contributed by atoms with E-state index in [4.69, 9.17) is 0 Å². The summed E-state index contributed by atoms with van der Waals surface area (Å²) in [6, 6.07) is 12.2. The van der Waals surface area contributed by atoms with E-state index in [0.717, 1.165) is 24.5 Å². The maximum absolute atomic E-state index is 13.5. The minimum Gasteiger partial charge on any atom is -0.368 e. The highest BCUT2D eigenvalue weighted by molar-refractivity contribution is 7.09. The Morgan fingerprint density at radius 3 is 2.41 bits per heavy atom. The van der Waals surface area contributed by atoms with E-state index in [9.17, 15) is 9.59 Å². The Balaban J connectivity index is 1.57. The summed E-state index contributed by atoms with van der Waals surface area (Å²) in [6.45, 7) is 11.7. The second-order valence-corrected chi connectivity index (χ2v) is 9.59. The van der Waals surface area contributed by atoms with Gasteiger partial charge in [0.15, 0.2) is 5.43 Å². The summed E-state index contributed by atoms with van der Waals surface area (Å²) in [5.74, 6) is -0.132. The summed E-state index contributed by atoms with van der Waals surface area (Å²) in [5, 5.41) is 2.06. The van der Waals surface area contributed by atoms with Crippen molar-refractivity contribution >= 4 is 22.9 Å². The first-order chi connectivity index (χ1) is 15.4. The summed E-state index contributed by atoms with van der Waals surface area (Å²) in [4.78, 5) is 31.9. The van der Waals surface area contributed by atoms with Crippen molar-refractivity contribution in [1.29, 1.82) is 0 Å². The summed E-state index contributed by atoms with van der Waals surface area (Å²) < 4.78 is 2.13. The SMILES string of the molecule is CCc1c(C(=O)N2CCN(c3ccc(C)cc3C)CC2)c(=O)cc(C)n1Cc1cccs1. The zero-order valence-electron chi connectivity index (χ0n) is 19.4. The van der Waals surface area contributed by atoms with Gasteiger partial charge in [-0.15, -0.1) is 11.3 Å². The number of carbonyl (C=O) groups is 1. The fourth-order valence-corrected chi connectivity index (χ4v) is 5.37. The fraction of sp³-hybridized carbons (Fsp3) is 0.385. The number of nitrogens with zero attached hydrogens (tertiary/aromatic N) is 3. The number of piperazine rings is 1. The molecule has 3 aromatic rings. The van der Waals surface area contributed by atoms with Crippen LogP contribution in [0.5, 0.6) is 0 Å². The molecule has 0 spiro atoms. The molecule has 0 aliphatic carbocycles. The largest absolute Gasteiger partial charge is 0.368 e. The highest BCUT2D eigenvalue weighted by Crippen LogP contribution is 2.23. The predicted molar refractivity (Wildman–Crippen MR) is 132 cm³/mol. The minimum atomic E-state index is -0.163. The van der Waals surface area contributed by atoms with Gasteiger partial charge in [0.2, 0.25) is 0 Å². The van der Waals surface area contributed by atoms with E-state index in [1.807, 2.05) is 24.8 Å². The lowest BCUT2D eigenvalue weighted by Gasteiger charge is -2.37. The third-order valence-corrected chi connectivity index (χ3v) is 7.19. The molecule has 6 heteroatoms. The number of aryl methyl sites for hydroxylation is 3. The predicted octanol–water partition coefficient (Wildman–Crippen LogP) is 4.41. The third-order valence-electron chi connectivity index (χ3n) is 6.33. The standard InChI is InChI=1S/C26H31N3O2S/c1-5-22-25(24(30)16-20(4)29(22)17-21-7-6-14-32-21)26(31)28-12-10-27(11-13-28)23-9-8-18(2)15-19(23)3/h6-9,14-16H,5,10-13,17H2,1-4H3. The highest BCUT2D eigenvalue weighted by Gasteiger charge is 2.27. The van der Waals surface area contributed by atoms with Gasteiger partial charge in [-0.1, -0.05) is 30.7 Å². The summed E-state index contributed by atoms with van der Waals surface area (Å²) in [7, 11) is 0. The van der Waals surface area contributed by atoms with Crippen LogP contribution in [0.2, 0.25) is 0 Å². The molecule has 3 heterocycles. The van der Waals surface area contributed by atoms with Crippen molar-refractivity contribution in [2.75, 3.05) is 31.1 Å². The Bertz CT molecular complexity index is 1170. The molecule has 0 bridgehead atoms. The van der Waals surface area contributed by atoms with E-state index < -0.39 is 0 Å². The Kier molecular flexibility index (Phi) is 6.51. The van der Waals surface area contributed by atoms with Gasteiger partial charge in [0.25, 0.3) is 5.91 Å². The van der Waals surface area contributed by atoms with Gasteiger partial charge in [0.1, 0.15) is 5.56 Å². The van der Waals surface area contributed by atoms with Crippen molar-refractivity contribution in [2.24, 2.45) is 0 Å². The van der Waals surface area contributed by atoms with Crippen LogP contribution in [0.4, 0.5) is 5.69 Å². The van der Waals surface area contributed by atoms with E-state index in [1.165, 1.54) is 21.7 Å². The molecule has 1 aliphatic heterocycles. The molecule has 0 radical (unpaired) electrons. The van der Waals surface area contributed by atoms with Crippen LogP contribution in [-0.4, -0.2) is 41.6 Å². The topological polar surface area (TPSA) is 45.6 Å². The van der Waals surface area contributed by atoms with Crippen molar-refractivity contribution in [2.45, 2.75) is 40.7 Å². The smallest absolute Gasteiger partial charge is 0.259 e. The Morgan fingerprint density at radius 1 is 1.03 bits per heavy atom. The van der Waals surface area contributed by atoms with Crippen LogP contribution in [-0.2, 0) is 13.0 Å². The molecule has 2 aromatic heterocycles. The first-order valence-corrected chi connectivity index (χ1v) is 12.1. The second-order valence-electron chi connectivity index (χ2n) is 8.56. The van der Waals surface area contributed by atoms with Crippen molar-refractivity contribution in [1.82, 2.24) is 9.47 Å². The molecular formula is C26H31N3O2S. The van der Waals surface area contributed by atoms with Gasteiger partial charge in [-0.25, -0.2) is 0 Å². The fourth-order valence-electron chi connectivity index (χ4n) is 4.67. The highest BCUT2D eigenvalue weighted by atomic mass is 32.1. The number of amides is 1. The number of pyridine rings is 1. The number of hydrogen-bond acceptors (Lipinski definition) is 4. The van der Waals surface area contributed by atoms with E-state index in [1.54, 1.807) is 17.4 Å². The number of anilines is 1. The molecule has 1 saturated heterocycles. The van der Waals surface area contributed by atoms with Gasteiger partial charge in [0, 0.05) is 54.2 Å². The van der Waals surface area contributed by atoms with Gasteiger partial charge in [0.05, 0.1) is 6.54 Å². The van der Waals surface area contributed by atoms with Crippen LogP contribution in [0.15, 0.2) is 46.6 Å². The average molecular weight is 450 g/mol. The lowest BCUT2D eigenvalue weighted by Crippen LogP contribution is -2.50. The van der Waals surface area contributed by atoms with Crippen molar-refractivity contribution in [3.05, 3.63) is 85.0 Å². The van der Waals surface area contributed by atoms with Crippen LogP contribution in [0.3, 0.4) is 0 Å². The molecule has 1 amide bonds. The summed E-state index contributed by atoms with van der Waals surface area (Å²) in [6.07, 6.45) is 0.645. The minimum absolute atomic E-state index is 0.132. The summed E-state index contributed by atoms with van der Waals surface area (Å²) in [5.41, 5.74) is 5.66. The Morgan fingerprint density at radius 2 is 1.78 bits per heavy atom. The van der Waals surface area contributed by atoms with Crippen molar-refractivity contribution < 1.29 is 4.79 Å². The van der Waals surface area contributed by atoms with Crippen LogP contribution >= 0.6 is 11.3 Å². The normalized spacial score (nSPS) is 14.1. The van der Waals surface area contributed by atoms with Crippen LogP contribution < -0.4 is 10.3 Å². The van der Waals surface area contributed by atoms with Gasteiger partial charge in [-0.3, -0.25) is 9.59 Å². The van der Waals surface area contributed by atoms with E-state index in [2.05, 4.69) is 53.0 Å². The molecule has 1 fully saturated rings. The lowest BCUT2D eigenvalue weighted by atomic mass is 10.1. The number of rotatable bonds is 5. The van der Waals surface area contributed by atoms with Crippen molar-refractivity contribution in [3.8, 4) is 0 Å². The number of aromatic nitrogens is 1. The van der Waals surface area contributed by atoms with Gasteiger partial charge in [-0.2, -0.15) is 0 Å². The quantitative estimate of drug-likeness (QED) is 0.580.